The van der Waals surface area contributed by atoms with Crippen molar-refractivity contribution < 1.29 is 31.5 Å². The van der Waals surface area contributed by atoms with Crippen LogP contribution in [-0.4, -0.2) is 18.9 Å². The molecule has 3 N–H and O–H groups in total. The zero-order valence-electron chi connectivity index (χ0n) is 16.0. The zero-order valence-corrected chi connectivity index (χ0v) is 17.6. The monoisotopic (exact) mass is 489 g/mol. The second-order valence-electron chi connectivity index (χ2n) is 6.36. The van der Waals surface area contributed by atoms with Gasteiger partial charge in [0.15, 0.2) is 0 Å². The van der Waals surface area contributed by atoms with Gasteiger partial charge in [-0.1, -0.05) is 11.6 Å². The molecule has 0 spiro atoms. The maximum atomic E-state index is 13.7. The van der Waals surface area contributed by atoms with Gasteiger partial charge in [-0.3, -0.25) is 9.59 Å². The van der Waals surface area contributed by atoms with Crippen LogP contribution in [0.5, 0.6) is 0 Å². The maximum Gasteiger partial charge on any atom is 0.416 e. The summed E-state index contributed by atoms with van der Waals surface area (Å²) in [7, 11) is 1.38. The number of carbonyl (C=O) groups excluding carboxylic acids is 2. The van der Waals surface area contributed by atoms with Crippen LogP contribution in [0.25, 0.3) is 0 Å². The molecule has 1 heterocycles. The Balaban J connectivity index is 1.97. The summed E-state index contributed by atoms with van der Waals surface area (Å²) in [5.41, 5.74) is -1.79. The van der Waals surface area contributed by atoms with Gasteiger partial charge in [-0.25, -0.2) is 8.78 Å². The van der Waals surface area contributed by atoms with Crippen LogP contribution >= 0.6 is 22.9 Å². The third kappa shape index (κ3) is 5.35. The molecule has 0 saturated heterocycles. The molecule has 0 unspecified atom stereocenters. The molecule has 12 heteroatoms. The third-order valence-corrected chi connectivity index (χ3v) is 5.47. The summed E-state index contributed by atoms with van der Waals surface area (Å²) in [6.45, 7) is 0. The normalized spacial score (nSPS) is 11.2. The first-order valence-corrected chi connectivity index (χ1v) is 9.94. The van der Waals surface area contributed by atoms with Crippen LogP contribution in [0.2, 0.25) is 5.02 Å². The Kier molecular flexibility index (Phi) is 6.70. The van der Waals surface area contributed by atoms with E-state index in [1.54, 1.807) is 0 Å². The maximum absolute atomic E-state index is 13.7. The van der Waals surface area contributed by atoms with E-state index in [2.05, 4.69) is 16.0 Å². The van der Waals surface area contributed by atoms with Crippen molar-refractivity contribution in [3.63, 3.8) is 0 Å². The molecule has 0 fully saturated rings. The van der Waals surface area contributed by atoms with E-state index in [4.69, 9.17) is 11.6 Å². The molecule has 0 aliphatic heterocycles. The number of hydrogen-bond donors (Lipinski definition) is 3. The topological polar surface area (TPSA) is 70.2 Å². The van der Waals surface area contributed by atoms with E-state index < -0.39 is 40.8 Å². The smallest absolute Gasteiger partial charge is 0.354 e. The summed E-state index contributed by atoms with van der Waals surface area (Å²) < 4.78 is 66.1. The lowest BCUT2D eigenvalue weighted by Crippen LogP contribution is -2.16. The van der Waals surface area contributed by atoms with Crippen molar-refractivity contribution >= 4 is 51.1 Å². The van der Waals surface area contributed by atoms with Crippen LogP contribution in [0.15, 0.2) is 42.5 Å². The third-order valence-electron chi connectivity index (χ3n) is 4.10. The standard InChI is InChI=1S/C20H13ClF5N3O2S/c1-27-18(31)16-8-15(19(32-16)29-14-7-11(22)2-3-13(14)21)28-17(30)9-4-10(20(24,25)26)6-12(23)5-9/h2-8,29H,1H3,(H,27,31)(H,28,30). The minimum Gasteiger partial charge on any atom is -0.354 e. The molecule has 2 amide bonds. The van der Waals surface area contributed by atoms with Crippen molar-refractivity contribution in [3.05, 3.63) is 75.1 Å². The van der Waals surface area contributed by atoms with Gasteiger partial charge in [-0.15, -0.1) is 11.3 Å². The minimum absolute atomic E-state index is 0.00301. The van der Waals surface area contributed by atoms with E-state index in [1.165, 1.54) is 19.2 Å². The first-order chi connectivity index (χ1) is 15.0. The fourth-order valence-corrected chi connectivity index (χ4v) is 3.74. The lowest BCUT2D eigenvalue weighted by molar-refractivity contribution is -0.137. The molecule has 0 bridgehead atoms. The molecule has 2 aromatic carbocycles. The molecule has 0 aliphatic rings. The van der Waals surface area contributed by atoms with Gasteiger partial charge < -0.3 is 16.0 Å². The molecular weight excluding hydrogens is 477 g/mol. The van der Waals surface area contributed by atoms with E-state index >= 15 is 0 Å². The molecule has 0 atom stereocenters. The van der Waals surface area contributed by atoms with E-state index in [1.807, 2.05) is 0 Å². The van der Waals surface area contributed by atoms with Gasteiger partial charge >= 0.3 is 6.18 Å². The number of hydrogen-bond acceptors (Lipinski definition) is 4. The Labute approximate surface area is 187 Å². The van der Waals surface area contributed by atoms with Gasteiger partial charge in [0.1, 0.15) is 16.6 Å². The quantitative estimate of drug-likeness (QED) is 0.382. The van der Waals surface area contributed by atoms with Crippen LogP contribution in [-0.2, 0) is 6.18 Å². The number of rotatable bonds is 5. The molecular formula is C20H13ClF5N3O2S. The van der Waals surface area contributed by atoms with Crippen LogP contribution in [0, 0.1) is 11.6 Å². The summed E-state index contributed by atoms with van der Waals surface area (Å²) in [6, 6.07) is 6.17. The highest BCUT2D eigenvalue weighted by Crippen LogP contribution is 2.38. The lowest BCUT2D eigenvalue weighted by atomic mass is 10.1. The van der Waals surface area contributed by atoms with E-state index in [0.717, 1.165) is 23.5 Å². The van der Waals surface area contributed by atoms with Gasteiger partial charge in [-0.05, 0) is 42.5 Å². The highest BCUT2D eigenvalue weighted by Gasteiger charge is 2.32. The molecule has 32 heavy (non-hydrogen) atoms. The van der Waals surface area contributed by atoms with Crippen LogP contribution in [0.1, 0.15) is 25.6 Å². The second kappa shape index (κ2) is 9.13. The van der Waals surface area contributed by atoms with Gasteiger partial charge in [0.2, 0.25) is 0 Å². The summed E-state index contributed by atoms with van der Waals surface area (Å²) in [5, 5.41) is 7.81. The van der Waals surface area contributed by atoms with E-state index in [0.29, 0.717) is 12.1 Å². The lowest BCUT2D eigenvalue weighted by Gasteiger charge is -2.12. The zero-order chi connectivity index (χ0) is 23.6. The highest BCUT2D eigenvalue weighted by atomic mass is 35.5. The van der Waals surface area contributed by atoms with Crippen LogP contribution in [0.4, 0.5) is 38.3 Å². The fraction of sp³-hybridized carbons (Fsp3) is 0.100. The molecule has 3 aromatic rings. The second-order valence-corrected chi connectivity index (χ2v) is 7.82. The number of nitrogens with one attached hydrogen (secondary N) is 3. The minimum atomic E-state index is -4.85. The Hall–Kier alpha value is -3.18. The van der Waals surface area contributed by atoms with Crippen molar-refractivity contribution in [2.24, 2.45) is 0 Å². The van der Waals surface area contributed by atoms with E-state index in [9.17, 15) is 31.5 Å². The van der Waals surface area contributed by atoms with Crippen LogP contribution in [0.3, 0.4) is 0 Å². The van der Waals surface area contributed by atoms with Gasteiger partial charge in [0.25, 0.3) is 11.8 Å². The highest BCUT2D eigenvalue weighted by molar-refractivity contribution is 7.18. The van der Waals surface area contributed by atoms with Crippen molar-refractivity contribution in [2.45, 2.75) is 6.18 Å². The van der Waals surface area contributed by atoms with Crippen molar-refractivity contribution in [1.29, 1.82) is 0 Å². The predicted octanol–water partition coefficient (Wildman–Crippen LogP) is 6.05. The Morgan fingerprint density at radius 3 is 2.31 bits per heavy atom. The number of benzene rings is 2. The fourth-order valence-electron chi connectivity index (χ4n) is 2.61. The average Bonchev–Trinajstić information content (AvgIpc) is 3.11. The molecule has 0 saturated carbocycles. The Bertz CT molecular complexity index is 1200. The van der Waals surface area contributed by atoms with Gasteiger partial charge in [0, 0.05) is 12.6 Å². The van der Waals surface area contributed by atoms with Gasteiger partial charge in [0.05, 0.1) is 26.8 Å². The summed E-state index contributed by atoms with van der Waals surface area (Å²) in [4.78, 5) is 24.7. The van der Waals surface area contributed by atoms with Crippen molar-refractivity contribution in [2.75, 3.05) is 17.7 Å². The molecule has 0 aliphatic carbocycles. The molecule has 3 rings (SSSR count). The van der Waals surface area contributed by atoms with Crippen LogP contribution < -0.4 is 16.0 Å². The summed E-state index contributed by atoms with van der Waals surface area (Å²) in [6.07, 6.45) is -4.85. The first-order valence-electron chi connectivity index (χ1n) is 8.75. The number of thiophene rings is 1. The summed E-state index contributed by atoms with van der Waals surface area (Å²) in [5.74, 6) is -3.41. The molecule has 1 aromatic heterocycles. The van der Waals surface area contributed by atoms with Crippen molar-refractivity contribution in [1.82, 2.24) is 5.32 Å². The largest absolute Gasteiger partial charge is 0.416 e. The number of anilines is 3. The Morgan fingerprint density at radius 1 is 0.938 bits per heavy atom. The number of halogens is 6. The predicted molar refractivity (Wildman–Crippen MR) is 112 cm³/mol. The molecule has 168 valence electrons. The van der Waals surface area contributed by atoms with Crippen molar-refractivity contribution in [3.8, 4) is 0 Å². The molecule has 5 nitrogen and oxygen atoms in total. The molecule has 0 radical (unpaired) electrons. The van der Waals surface area contributed by atoms with E-state index in [-0.39, 0.29) is 32.3 Å². The first kappa shape index (κ1) is 23.5. The van der Waals surface area contributed by atoms with Gasteiger partial charge in [-0.2, -0.15) is 13.2 Å². The Morgan fingerprint density at radius 2 is 1.66 bits per heavy atom. The average molecular weight is 490 g/mol. The summed E-state index contributed by atoms with van der Waals surface area (Å²) >= 11 is 6.91. The number of amides is 2. The number of alkyl halides is 3. The SMILES string of the molecule is CNC(=O)c1cc(NC(=O)c2cc(F)cc(C(F)(F)F)c2)c(Nc2cc(F)ccc2Cl)s1. The number of carbonyl (C=O) groups is 2.